The fourth-order valence-corrected chi connectivity index (χ4v) is 1.94. The molecule has 0 spiro atoms. The number of hydrogen-bond donors (Lipinski definition) is 3. The van der Waals surface area contributed by atoms with E-state index >= 15 is 0 Å². The van der Waals surface area contributed by atoms with Crippen LogP contribution in [0.5, 0.6) is 5.75 Å². The van der Waals surface area contributed by atoms with Crippen LogP contribution in [0.2, 0.25) is 0 Å². The molecule has 0 heterocycles. The van der Waals surface area contributed by atoms with Gasteiger partial charge in [-0.3, -0.25) is 0 Å². The minimum Gasteiger partial charge on any atom is -0.497 e. The molecule has 0 unspecified atom stereocenters. The minimum absolute atomic E-state index is 0.501. The topological polar surface area (TPSA) is 61.7 Å². The van der Waals surface area contributed by atoms with Crippen LogP contribution in [0.4, 0.5) is 0 Å². The van der Waals surface area contributed by atoms with Gasteiger partial charge in [0.25, 0.3) is 0 Å². The molecule has 2 aromatic carbocycles. The van der Waals surface area contributed by atoms with E-state index < -0.39 is 7.12 Å². The predicted molar refractivity (Wildman–Crippen MR) is 79.8 cm³/mol. The molecule has 0 aromatic heterocycles. The lowest BCUT2D eigenvalue weighted by atomic mass is 9.80. The van der Waals surface area contributed by atoms with Crippen molar-refractivity contribution in [3.8, 4) is 5.75 Å². The van der Waals surface area contributed by atoms with Crippen LogP contribution in [0.15, 0.2) is 48.5 Å². The molecule has 4 nitrogen and oxygen atoms in total. The van der Waals surface area contributed by atoms with Gasteiger partial charge in [0.1, 0.15) is 5.75 Å². The molecule has 2 aromatic rings. The summed E-state index contributed by atoms with van der Waals surface area (Å²) in [5.41, 5.74) is 2.76. The van der Waals surface area contributed by atoms with Gasteiger partial charge in [0.2, 0.25) is 0 Å². The first-order valence-electron chi connectivity index (χ1n) is 6.47. The Bertz CT molecular complexity index is 543. The highest BCUT2D eigenvalue weighted by Crippen LogP contribution is 2.12. The molecule has 0 aliphatic carbocycles. The van der Waals surface area contributed by atoms with E-state index in [-0.39, 0.29) is 0 Å². The van der Waals surface area contributed by atoms with Crippen molar-refractivity contribution in [1.82, 2.24) is 5.32 Å². The summed E-state index contributed by atoms with van der Waals surface area (Å²) >= 11 is 0. The van der Waals surface area contributed by atoms with Gasteiger partial charge in [0.15, 0.2) is 0 Å². The van der Waals surface area contributed by atoms with Crippen molar-refractivity contribution in [3.63, 3.8) is 0 Å². The molecule has 0 aliphatic rings. The van der Waals surface area contributed by atoms with E-state index in [1.54, 1.807) is 19.2 Å². The minimum atomic E-state index is -1.41. The van der Waals surface area contributed by atoms with Crippen molar-refractivity contribution >= 4 is 12.6 Å². The zero-order chi connectivity index (χ0) is 14.4. The fraction of sp³-hybridized carbons (Fsp3) is 0.200. The molecule has 0 bridgehead atoms. The average Bonchev–Trinajstić information content (AvgIpc) is 2.48. The molecule has 2 rings (SSSR count). The highest BCUT2D eigenvalue weighted by molar-refractivity contribution is 6.58. The second-order valence-electron chi connectivity index (χ2n) is 4.57. The third-order valence-corrected chi connectivity index (χ3v) is 3.07. The third kappa shape index (κ3) is 4.10. The van der Waals surface area contributed by atoms with Crippen LogP contribution in [0.3, 0.4) is 0 Å². The van der Waals surface area contributed by atoms with Crippen LogP contribution in [0, 0.1) is 0 Å². The smallest absolute Gasteiger partial charge is 0.488 e. The van der Waals surface area contributed by atoms with Crippen LogP contribution in [0.25, 0.3) is 0 Å². The number of nitrogens with one attached hydrogen (secondary N) is 1. The normalized spacial score (nSPS) is 10.3. The van der Waals surface area contributed by atoms with Gasteiger partial charge in [0, 0.05) is 13.1 Å². The molecular formula is C15H18BNO3. The lowest BCUT2D eigenvalue weighted by Crippen LogP contribution is -2.29. The molecule has 3 N–H and O–H groups in total. The largest absolute Gasteiger partial charge is 0.497 e. The van der Waals surface area contributed by atoms with E-state index in [1.807, 2.05) is 36.4 Å². The van der Waals surface area contributed by atoms with Gasteiger partial charge in [-0.15, -0.1) is 0 Å². The predicted octanol–water partition coefficient (Wildman–Crippen LogP) is 0.665. The van der Waals surface area contributed by atoms with Gasteiger partial charge in [-0.2, -0.15) is 0 Å². The maximum atomic E-state index is 9.02. The molecule has 5 heteroatoms. The zero-order valence-corrected chi connectivity index (χ0v) is 11.4. The van der Waals surface area contributed by atoms with Crippen LogP contribution in [-0.4, -0.2) is 24.3 Å². The van der Waals surface area contributed by atoms with Crippen molar-refractivity contribution in [1.29, 1.82) is 0 Å². The van der Waals surface area contributed by atoms with E-state index in [1.165, 1.54) is 0 Å². The van der Waals surface area contributed by atoms with E-state index in [0.29, 0.717) is 5.46 Å². The monoisotopic (exact) mass is 271 g/mol. The van der Waals surface area contributed by atoms with Crippen LogP contribution in [-0.2, 0) is 13.1 Å². The Hall–Kier alpha value is -1.82. The third-order valence-electron chi connectivity index (χ3n) is 3.07. The maximum absolute atomic E-state index is 9.02. The van der Waals surface area contributed by atoms with Crippen molar-refractivity contribution in [2.75, 3.05) is 7.11 Å². The summed E-state index contributed by atoms with van der Waals surface area (Å²) in [6.07, 6.45) is 0. The maximum Gasteiger partial charge on any atom is 0.488 e. The summed E-state index contributed by atoms with van der Waals surface area (Å²) in [6, 6.07) is 15.1. The SMILES string of the molecule is COc1cccc(CNCc2ccc(B(O)O)cc2)c1. The van der Waals surface area contributed by atoms with E-state index in [2.05, 4.69) is 5.32 Å². The Labute approximate surface area is 119 Å². The molecule has 0 radical (unpaired) electrons. The molecule has 104 valence electrons. The fourth-order valence-electron chi connectivity index (χ4n) is 1.94. The second kappa shape index (κ2) is 7.10. The molecule has 0 saturated carbocycles. The standard InChI is InChI=1S/C15H18BNO3/c1-20-15-4-2-3-13(9-15)11-17-10-12-5-7-14(8-6-12)16(18)19/h2-9,17-19H,10-11H2,1H3. The van der Waals surface area contributed by atoms with Crippen LogP contribution in [0.1, 0.15) is 11.1 Å². The van der Waals surface area contributed by atoms with E-state index in [9.17, 15) is 0 Å². The zero-order valence-electron chi connectivity index (χ0n) is 11.4. The van der Waals surface area contributed by atoms with Gasteiger partial charge >= 0.3 is 7.12 Å². The Morgan fingerprint density at radius 2 is 1.70 bits per heavy atom. The molecular weight excluding hydrogens is 253 g/mol. The molecule has 0 aliphatic heterocycles. The van der Waals surface area contributed by atoms with Crippen LogP contribution >= 0.6 is 0 Å². The molecule has 20 heavy (non-hydrogen) atoms. The lowest BCUT2D eigenvalue weighted by molar-refractivity contribution is 0.414. The number of rotatable bonds is 6. The Balaban J connectivity index is 1.86. The highest BCUT2D eigenvalue weighted by Gasteiger charge is 2.09. The summed E-state index contributed by atoms with van der Waals surface area (Å²) in [5, 5.41) is 21.4. The first-order valence-corrected chi connectivity index (χ1v) is 6.47. The van der Waals surface area contributed by atoms with Crippen molar-refractivity contribution in [3.05, 3.63) is 59.7 Å². The molecule has 0 saturated heterocycles. The molecule has 0 fully saturated rings. The van der Waals surface area contributed by atoms with Gasteiger partial charge in [-0.1, -0.05) is 36.4 Å². The first kappa shape index (κ1) is 14.6. The summed E-state index contributed by atoms with van der Waals surface area (Å²) in [5.74, 6) is 0.852. The van der Waals surface area contributed by atoms with Gasteiger partial charge < -0.3 is 20.1 Å². The summed E-state index contributed by atoms with van der Waals surface area (Å²) in [6.45, 7) is 1.47. The van der Waals surface area contributed by atoms with Gasteiger partial charge in [0.05, 0.1) is 7.11 Å². The van der Waals surface area contributed by atoms with E-state index in [0.717, 1.165) is 30.0 Å². The van der Waals surface area contributed by atoms with Gasteiger partial charge in [-0.25, -0.2) is 0 Å². The van der Waals surface area contributed by atoms with E-state index in [4.69, 9.17) is 14.8 Å². The van der Waals surface area contributed by atoms with Crippen molar-refractivity contribution < 1.29 is 14.8 Å². The molecule has 0 amide bonds. The number of methoxy groups -OCH3 is 1. The number of benzene rings is 2. The van der Waals surface area contributed by atoms with Crippen molar-refractivity contribution in [2.45, 2.75) is 13.1 Å². The van der Waals surface area contributed by atoms with Gasteiger partial charge in [-0.05, 0) is 28.7 Å². The summed E-state index contributed by atoms with van der Waals surface area (Å²) < 4.78 is 5.18. The summed E-state index contributed by atoms with van der Waals surface area (Å²) in [7, 11) is 0.248. The number of ether oxygens (including phenoxy) is 1. The lowest BCUT2D eigenvalue weighted by Gasteiger charge is -2.07. The Kier molecular flexibility index (Phi) is 5.18. The second-order valence-corrected chi connectivity index (χ2v) is 4.57. The quantitative estimate of drug-likeness (QED) is 0.676. The molecule has 0 atom stereocenters. The van der Waals surface area contributed by atoms with Crippen LogP contribution < -0.4 is 15.5 Å². The highest BCUT2D eigenvalue weighted by atomic mass is 16.5. The first-order chi connectivity index (χ1) is 9.69. The summed E-state index contributed by atoms with van der Waals surface area (Å²) in [4.78, 5) is 0. The number of hydrogen-bond acceptors (Lipinski definition) is 4. The Morgan fingerprint density at radius 1 is 1.00 bits per heavy atom. The average molecular weight is 271 g/mol. The van der Waals surface area contributed by atoms with Crippen molar-refractivity contribution in [2.24, 2.45) is 0 Å². The Morgan fingerprint density at radius 3 is 2.35 bits per heavy atom.